The molecule has 214 valence electrons. The summed E-state index contributed by atoms with van der Waals surface area (Å²) < 4.78 is 34.4. The Bertz CT molecular complexity index is 1460. The van der Waals surface area contributed by atoms with Gasteiger partial charge in [0.15, 0.2) is 0 Å². The Hall–Kier alpha value is -3.27. The summed E-state index contributed by atoms with van der Waals surface area (Å²) in [5.41, 5.74) is 1.62. The van der Waals surface area contributed by atoms with Crippen LogP contribution < -0.4 is 14.4 Å². The molecule has 3 aromatic rings. The van der Waals surface area contributed by atoms with Gasteiger partial charge in [-0.2, -0.15) is 0 Å². The van der Waals surface area contributed by atoms with Crippen molar-refractivity contribution < 1.29 is 22.7 Å². The summed E-state index contributed by atoms with van der Waals surface area (Å²) in [5, 5.41) is 3.55. The molecule has 0 aromatic heterocycles. The average molecular weight is 607 g/mol. The molecule has 0 bridgehead atoms. The number of carbonyl (C=O) groups excluding carboxylic acids is 2. The first-order valence-electron chi connectivity index (χ1n) is 12.6. The van der Waals surface area contributed by atoms with Gasteiger partial charge in [0.25, 0.3) is 10.0 Å². The highest BCUT2D eigenvalue weighted by Crippen LogP contribution is 2.33. The zero-order chi connectivity index (χ0) is 29.6. The molecule has 0 radical (unpaired) electrons. The number of hydrogen-bond acceptors (Lipinski definition) is 5. The molecule has 0 unspecified atom stereocenters. The van der Waals surface area contributed by atoms with Gasteiger partial charge < -0.3 is 15.0 Å². The fraction of sp³-hybridized carbons (Fsp3) is 0.310. The second kappa shape index (κ2) is 13.4. The summed E-state index contributed by atoms with van der Waals surface area (Å²) >= 11 is 12.5. The topological polar surface area (TPSA) is 96.0 Å². The highest BCUT2D eigenvalue weighted by molar-refractivity contribution is 7.92. The van der Waals surface area contributed by atoms with Crippen LogP contribution in [0.3, 0.4) is 0 Å². The zero-order valence-corrected chi connectivity index (χ0v) is 25.3. The second-order valence-electron chi connectivity index (χ2n) is 9.59. The smallest absolute Gasteiger partial charge is 0.264 e. The molecule has 0 heterocycles. The molecule has 40 heavy (non-hydrogen) atoms. The van der Waals surface area contributed by atoms with Crippen molar-refractivity contribution in [2.75, 3.05) is 18.0 Å². The minimum atomic E-state index is -4.22. The van der Waals surface area contributed by atoms with E-state index in [-0.39, 0.29) is 28.9 Å². The van der Waals surface area contributed by atoms with Gasteiger partial charge in [-0.1, -0.05) is 59.1 Å². The van der Waals surface area contributed by atoms with E-state index in [0.29, 0.717) is 15.6 Å². The van der Waals surface area contributed by atoms with E-state index in [1.165, 1.54) is 24.1 Å². The van der Waals surface area contributed by atoms with E-state index in [2.05, 4.69) is 5.32 Å². The predicted octanol–water partition coefficient (Wildman–Crippen LogP) is 5.45. The lowest BCUT2D eigenvalue weighted by atomic mass is 10.1. The van der Waals surface area contributed by atoms with E-state index >= 15 is 0 Å². The number of halogens is 2. The summed E-state index contributed by atoms with van der Waals surface area (Å²) in [4.78, 5) is 28.3. The van der Waals surface area contributed by atoms with Crippen LogP contribution in [0.4, 0.5) is 5.69 Å². The summed E-state index contributed by atoms with van der Waals surface area (Å²) in [6, 6.07) is 16.6. The van der Waals surface area contributed by atoms with E-state index in [1.54, 1.807) is 61.5 Å². The third kappa shape index (κ3) is 7.47. The van der Waals surface area contributed by atoms with E-state index < -0.39 is 34.4 Å². The number of hydrogen-bond donors (Lipinski definition) is 1. The van der Waals surface area contributed by atoms with Crippen LogP contribution in [0.25, 0.3) is 0 Å². The van der Waals surface area contributed by atoms with Crippen LogP contribution in [0.1, 0.15) is 31.9 Å². The Morgan fingerprint density at radius 3 is 2.23 bits per heavy atom. The molecule has 3 aromatic carbocycles. The van der Waals surface area contributed by atoms with Crippen LogP contribution in [0.15, 0.2) is 71.6 Å². The molecule has 11 heteroatoms. The molecule has 0 saturated carbocycles. The summed E-state index contributed by atoms with van der Waals surface area (Å²) in [6.07, 6.45) is 0. The first-order valence-corrected chi connectivity index (χ1v) is 14.8. The van der Waals surface area contributed by atoms with Crippen molar-refractivity contribution in [2.45, 2.75) is 51.2 Å². The lowest BCUT2D eigenvalue weighted by Gasteiger charge is -2.32. The first kappa shape index (κ1) is 31.3. The van der Waals surface area contributed by atoms with E-state index in [4.69, 9.17) is 27.9 Å². The molecule has 0 fully saturated rings. The van der Waals surface area contributed by atoms with Crippen LogP contribution in [0.2, 0.25) is 10.0 Å². The quantitative estimate of drug-likeness (QED) is 0.313. The molecule has 8 nitrogen and oxygen atoms in total. The van der Waals surface area contributed by atoms with Crippen LogP contribution in [-0.4, -0.2) is 50.9 Å². The van der Waals surface area contributed by atoms with E-state index in [0.717, 1.165) is 9.87 Å². The maximum absolute atomic E-state index is 14.0. The number of amides is 2. The molecule has 0 spiro atoms. The summed E-state index contributed by atoms with van der Waals surface area (Å²) in [7, 11) is -2.80. The highest BCUT2D eigenvalue weighted by atomic mass is 35.5. The number of benzene rings is 3. The number of anilines is 1. The lowest BCUT2D eigenvalue weighted by Crippen LogP contribution is -2.52. The molecule has 0 saturated heterocycles. The van der Waals surface area contributed by atoms with Crippen molar-refractivity contribution in [3.8, 4) is 5.75 Å². The average Bonchev–Trinajstić information content (AvgIpc) is 2.90. The molecular weight excluding hydrogens is 573 g/mol. The van der Waals surface area contributed by atoms with Crippen LogP contribution in [0, 0.1) is 6.92 Å². The Morgan fingerprint density at radius 2 is 1.62 bits per heavy atom. The number of aryl methyl sites for hydroxylation is 1. The monoisotopic (exact) mass is 605 g/mol. The van der Waals surface area contributed by atoms with Gasteiger partial charge >= 0.3 is 0 Å². The van der Waals surface area contributed by atoms with E-state index in [9.17, 15) is 18.0 Å². The van der Waals surface area contributed by atoms with Gasteiger partial charge in [-0.25, -0.2) is 8.42 Å². The SMILES string of the molecule is COc1ccccc1N(CC(=O)N(Cc1ccc(Cl)cc1Cl)[C@H](C)C(=O)NC(C)C)S(=O)(=O)c1ccc(C)cc1. The standard InChI is InChI=1S/C29H33Cl2N3O5S/c1-19(2)32-29(36)21(4)33(17-22-12-13-23(30)16-25(22)31)28(35)18-34(26-8-6-7-9-27(26)39-5)40(37,38)24-14-10-20(3)11-15-24/h6-16,19,21H,17-18H2,1-5H3,(H,32,36)/t21-/m1/s1. The molecule has 1 atom stereocenters. The maximum Gasteiger partial charge on any atom is 0.264 e. The maximum atomic E-state index is 14.0. The van der Waals surface area contributed by atoms with Crippen LogP contribution >= 0.6 is 23.2 Å². The summed E-state index contributed by atoms with van der Waals surface area (Å²) in [5.74, 6) is -0.735. The number of rotatable bonds is 11. The fourth-order valence-corrected chi connectivity index (χ4v) is 5.90. The second-order valence-corrected chi connectivity index (χ2v) is 12.3. The number of methoxy groups -OCH3 is 1. The Morgan fingerprint density at radius 1 is 0.975 bits per heavy atom. The van der Waals surface area contributed by atoms with Gasteiger partial charge in [0.05, 0.1) is 17.7 Å². The summed E-state index contributed by atoms with van der Waals surface area (Å²) in [6.45, 7) is 6.41. The highest BCUT2D eigenvalue weighted by Gasteiger charge is 2.34. The van der Waals surface area contributed by atoms with E-state index in [1.807, 2.05) is 20.8 Å². The van der Waals surface area contributed by atoms with Gasteiger partial charge in [0, 0.05) is 22.6 Å². The third-order valence-electron chi connectivity index (χ3n) is 6.20. The number of sulfonamides is 1. The lowest BCUT2D eigenvalue weighted by molar-refractivity contribution is -0.139. The zero-order valence-electron chi connectivity index (χ0n) is 23.0. The fourth-order valence-electron chi connectivity index (χ4n) is 4.01. The molecule has 3 rings (SSSR count). The molecule has 2 amide bonds. The van der Waals surface area contributed by atoms with Crippen molar-refractivity contribution in [1.82, 2.24) is 10.2 Å². The minimum absolute atomic E-state index is 0.00898. The Balaban J connectivity index is 2.09. The van der Waals surface area contributed by atoms with Crippen LogP contribution in [-0.2, 0) is 26.2 Å². The largest absolute Gasteiger partial charge is 0.495 e. The number of ether oxygens (including phenoxy) is 1. The minimum Gasteiger partial charge on any atom is -0.495 e. The number of carbonyl (C=O) groups is 2. The molecule has 0 aliphatic heterocycles. The van der Waals surface area contributed by atoms with Crippen molar-refractivity contribution in [3.05, 3.63) is 87.9 Å². The predicted molar refractivity (Wildman–Crippen MR) is 158 cm³/mol. The normalized spacial score (nSPS) is 12.1. The Labute approximate surface area is 245 Å². The van der Waals surface area contributed by atoms with Gasteiger partial charge in [0.2, 0.25) is 11.8 Å². The van der Waals surface area contributed by atoms with Crippen molar-refractivity contribution in [2.24, 2.45) is 0 Å². The number of para-hydroxylation sites is 2. The molecule has 1 N–H and O–H groups in total. The Kier molecular flexibility index (Phi) is 10.5. The number of nitrogens with one attached hydrogen (secondary N) is 1. The van der Waals surface area contributed by atoms with Gasteiger partial charge in [-0.3, -0.25) is 13.9 Å². The molecule has 0 aliphatic rings. The van der Waals surface area contributed by atoms with Gasteiger partial charge in [-0.15, -0.1) is 0 Å². The molecule has 0 aliphatic carbocycles. The number of nitrogens with zero attached hydrogens (tertiary/aromatic N) is 2. The van der Waals surface area contributed by atoms with Crippen molar-refractivity contribution in [1.29, 1.82) is 0 Å². The van der Waals surface area contributed by atoms with Crippen molar-refractivity contribution in [3.63, 3.8) is 0 Å². The molecular formula is C29H33Cl2N3O5S. The van der Waals surface area contributed by atoms with Gasteiger partial charge in [-0.05, 0) is 69.7 Å². The third-order valence-corrected chi connectivity index (χ3v) is 8.56. The van der Waals surface area contributed by atoms with Crippen LogP contribution in [0.5, 0.6) is 5.75 Å². The first-order chi connectivity index (χ1) is 18.8. The van der Waals surface area contributed by atoms with Crippen molar-refractivity contribution >= 4 is 50.7 Å². The van der Waals surface area contributed by atoms with Gasteiger partial charge in [0.1, 0.15) is 18.3 Å².